The monoisotopic (exact) mass is 594 g/mol. The number of anilines is 1. The van der Waals surface area contributed by atoms with Gasteiger partial charge in [0.05, 0.1) is 12.3 Å². The number of nitrogens with zero attached hydrogens (tertiary/aromatic N) is 1. The van der Waals surface area contributed by atoms with Crippen LogP contribution in [0.4, 0.5) is 5.69 Å². The van der Waals surface area contributed by atoms with Gasteiger partial charge in [-0.15, -0.1) is 0 Å². The van der Waals surface area contributed by atoms with E-state index in [2.05, 4.69) is 17.2 Å². The number of rotatable bonds is 18. The van der Waals surface area contributed by atoms with Gasteiger partial charge in [-0.1, -0.05) is 87.2 Å². The summed E-state index contributed by atoms with van der Waals surface area (Å²) in [6.07, 6.45) is 8.84. The van der Waals surface area contributed by atoms with Crippen molar-refractivity contribution in [2.45, 2.75) is 71.6 Å². The first-order valence-electron chi connectivity index (χ1n) is 15.5. The van der Waals surface area contributed by atoms with Crippen molar-refractivity contribution in [2.24, 2.45) is 0 Å². The van der Waals surface area contributed by atoms with E-state index in [9.17, 15) is 14.7 Å². The minimum Gasteiger partial charge on any atom is -0.493 e. The number of carbonyl (C=O) groups is 2. The van der Waals surface area contributed by atoms with Crippen LogP contribution in [0.1, 0.15) is 79.2 Å². The maximum Gasteiger partial charge on any atom is 0.303 e. The van der Waals surface area contributed by atoms with E-state index in [0.29, 0.717) is 43.1 Å². The molecule has 4 aromatic rings. The SMILES string of the molecule is CCCCCCCC(=CC(=O)c1ccccc1)Nc1cc(OCCc2nc(-c3ccccc3)oc2C)ccc1CCC(=O)O. The van der Waals surface area contributed by atoms with E-state index in [1.54, 1.807) is 6.08 Å². The third-order valence-electron chi connectivity index (χ3n) is 7.42. The Morgan fingerprint density at radius 2 is 1.64 bits per heavy atom. The molecule has 4 rings (SSSR count). The second kappa shape index (κ2) is 16.8. The Balaban J connectivity index is 1.50. The standard InChI is InChI=1S/C37H42N2O5/c1-3-4-5-6-13-18-31(25-35(40)29-14-9-7-10-15-29)38-34-26-32(21-19-28(34)20-22-36(41)42)43-24-23-33-27(2)44-37(39-33)30-16-11-8-12-17-30/h7-12,14-17,19,21,25-26,38H,3-6,13,18,20,22-24H2,1-2H3,(H,41,42). The Morgan fingerprint density at radius 1 is 0.909 bits per heavy atom. The largest absolute Gasteiger partial charge is 0.493 e. The van der Waals surface area contributed by atoms with E-state index in [0.717, 1.165) is 59.6 Å². The zero-order valence-corrected chi connectivity index (χ0v) is 25.7. The molecule has 0 bridgehead atoms. The Labute approximate surface area is 260 Å². The van der Waals surface area contributed by atoms with Gasteiger partial charge in [0.15, 0.2) is 5.78 Å². The number of carboxylic acid groups (broad SMARTS) is 1. The zero-order chi connectivity index (χ0) is 31.1. The van der Waals surface area contributed by atoms with Crippen molar-refractivity contribution in [1.82, 2.24) is 4.98 Å². The molecule has 7 nitrogen and oxygen atoms in total. The maximum absolute atomic E-state index is 13.1. The molecule has 0 aliphatic carbocycles. The van der Waals surface area contributed by atoms with Crippen molar-refractivity contribution >= 4 is 17.4 Å². The van der Waals surface area contributed by atoms with E-state index in [4.69, 9.17) is 9.15 Å². The first kappa shape index (κ1) is 32.3. The van der Waals surface area contributed by atoms with Gasteiger partial charge >= 0.3 is 5.97 Å². The second-order valence-corrected chi connectivity index (χ2v) is 10.9. The third-order valence-corrected chi connectivity index (χ3v) is 7.42. The number of hydrogen-bond donors (Lipinski definition) is 2. The smallest absolute Gasteiger partial charge is 0.303 e. The fraction of sp³-hybridized carbons (Fsp3) is 0.324. The Morgan fingerprint density at radius 3 is 2.36 bits per heavy atom. The van der Waals surface area contributed by atoms with Crippen LogP contribution in [0.2, 0.25) is 0 Å². The van der Waals surface area contributed by atoms with Crippen LogP contribution < -0.4 is 10.1 Å². The number of nitrogens with one attached hydrogen (secondary N) is 1. The summed E-state index contributed by atoms with van der Waals surface area (Å²) >= 11 is 0. The van der Waals surface area contributed by atoms with Crippen LogP contribution in [0.15, 0.2) is 95.1 Å². The molecule has 0 atom stereocenters. The number of unbranched alkanes of at least 4 members (excludes halogenated alkanes) is 4. The fourth-order valence-corrected chi connectivity index (χ4v) is 4.96. The number of carboxylic acids is 1. The third kappa shape index (κ3) is 9.97. The summed E-state index contributed by atoms with van der Waals surface area (Å²) in [5, 5.41) is 12.8. The molecule has 230 valence electrons. The molecule has 2 N–H and O–H groups in total. The summed E-state index contributed by atoms with van der Waals surface area (Å²) in [5.74, 6) is 1.06. The molecule has 3 aromatic carbocycles. The molecule has 0 aliphatic rings. The summed E-state index contributed by atoms with van der Waals surface area (Å²) in [7, 11) is 0. The molecule has 0 radical (unpaired) electrons. The molecule has 0 aliphatic heterocycles. The highest BCUT2D eigenvalue weighted by atomic mass is 16.5. The Bertz CT molecular complexity index is 1530. The van der Waals surface area contributed by atoms with Gasteiger partial charge in [0.2, 0.25) is 5.89 Å². The molecular weight excluding hydrogens is 552 g/mol. The van der Waals surface area contributed by atoms with E-state index < -0.39 is 5.97 Å². The first-order chi connectivity index (χ1) is 21.4. The van der Waals surface area contributed by atoms with Crippen LogP contribution in [0.25, 0.3) is 11.5 Å². The summed E-state index contributed by atoms with van der Waals surface area (Å²) in [6.45, 7) is 4.48. The molecule has 0 saturated heterocycles. The van der Waals surface area contributed by atoms with Crippen molar-refractivity contribution in [2.75, 3.05) is 11.9 Å². The number of ketones is 1. The average molecular weight is 595 g/mol. The van der Waals surface area contributed by atoms with Crippen LogP contribution in [0.5, 0.6) is 5.75 Å². The number of carbonyl (C=O) groups excluding carboxylic acids is 1. The number of oxazole rings is 1. The number of aryl methyl sites for hydroxylation is 2. The number of aromatic nitrogens is 1. The van der Waals surface area contributed by atoms with Gasteiger partial charge in [-0.25, -0.2) is 4.98 Å². The lowest BCUT2D eigenvalue weighted by Gasteiger charge is -2.17. The fourth-order valence-electron chi connectivity index (χ4n) is 4.96. The summed E-state index contributed by atoms with van der Waals surface area (Å²) in [6, 6.07) is 24.7. The topological polar surface area (TPSA) is 102 Å². The van der Waals surface area contributed by atoms with Crippen LogP contribution in [0.3, 0.4) is 0 Å². The van der Waals surface area contributed by atoms with E-state index in [-0.39, 0.29) is 12.2 Å². The van der Waals surface area contributed by atoms with Gasteiger partial charge in [-0.05, 0) is 49.9 Å². The minimum absolute atomic E-state index is 0.00305. The van der Waals surface area contributed by atoms with Gasteiger partial charge in [-0.3, -0.25) is 9.59 Å². The molecule has 7 heteroatoms. The number of allylic oxidation sites excluding steroid dienone is 2. The van der Waals surface area contributed by atoms with Crippen LogP contribution in [-0.4, -0.2) is 28.4 Å². The summed E-state index contributed by atoms with van der Waals surface area (Å²) in [5.41, 5.74) is 4.79. The van der Waals surface area contributed by atoms with Crippen LogP contribution >= 0.6 is 0 Å². The highest BCUT2D eigenvalue weighted by Gasteiger charge is 2.14. The molecule has 44 heavy (non-hydrogen) atoms. The van der Waals surface area contributed by atoms with Gasteiger partial charge in [-0.2, -0.15) is 0 Å². The van der Waals surface area contributed by atoms with Crippen LogP contribution in [-0.2, 0) is 17.6 Å². The quantitative estimate of drug-likeness (QED) is 0.0674. The Kier molecular flexibility index (Phi) is 12.4. The second-order valence-electron chi connectivity index (χ2n) is 10.9. The normalized spacial score (nSPS) is 11.4. The lowest BCUT2D eigenvalue weighted by atomic mass is 10.0. The molecule has 0 fully saturated rings. The summed E-state index contributed by atoms with van der Waals surface area (Å²) < 4.78 is 12.0. The number of hydrogen-bond acceptors (Lipinski definition) is 6. The van der Waals surface area contributed by atoms with Crippen molar-refractivity contribution < 1.29 is 23.8 Å². The predicted octanol–water partition coefficient (Wildman–Crippen LogP) is 8.83. The molecule has 0 unspecified atom stereocenters. The molecule has 0 saturated carbocycles. The highest BCUT2D eigenvalue weighted by Crippen LogP contribution is 2.28. The molecule has 1 aromatic heterocycles. The van der Waals surface area contributed by atoms with Crippen molar-refractivity contribution in [3.05, 3.63) is 113 Å². The maximum atomic E-state index is 13.1. The van der Waals surface area contributed by atoms with Gasteiger partial charge in [0.1, 0.15) is 11.5 Å². The van der Waals surface area contributed by atoms with Crippen molar-refractivity contribution in [3.63, 3.8) is 0 Å². The van der Waals surface area contributed by atoms with Crippen molar-refractivity contribution in [3.8, 4) is 17.2 Å². The minimum atomic E-state index is -0.861. The molecule has 0 spiro atoms. The molecular formula is C37H42N2O5. The van der Waals surface area contributed by atoms with Gasteiger partial charge in [0.25, 0.3) is 0 Å². The number of ether oxygens (including phenoxy) is 1. The van der Waals surface area contributed by atoms with E-state index >= 15 is 0 Å². The van der Waals surface area contributed by atoms with Crippen molar-refractivity contribution in [1.29, 1.82) is 0 Å². The van der Waals surface area contributed by atoms with Gasteiger partial charge < -0.3 is 19.6 Å². The summed E-state index contributed by atoms with van der Waals surface area (Å²) in [4.78, 5) is 29.2. The highest BCUT2D eigenvalue weighted by molar-refractivity contribution is 6.05. The first-order valence-corrected chi connectivity index (χ1v) is 15.5. The van der Waals surface area contributed by atoms with E-state index in [1.165, 1.54) is 6.42 Å². The number of aliphatic carboxylic acids is 1. The lowest BCUT2D eigenvalue weighted by molar-refractivity contribution is -0.136. The zero-order valence-electron chi connectivity index (χ0n) is 25.7. The van der Waals surface area contributed by atoms with Gasteiger partial charge in [0, 0.05) is 47.5 Å². The number of benzene rings is 3. The molecule has 1 heterocycles. The average Bonchev–Trinajstić information content (AvgIpc) is 3.41. The Hall–Kier alpha value is -4.65. The molecule has 0 amide bonds. The van der Waals surface area contributed by atoms with Crippen LogP contribution in [0, 0.1) is 6.92 Å². The van der Waals surface area contributed by atoms with E-state index in [1.807, 2.05) is 85.8 Å². The lowest BCUT2D eigenvalue weighted by Crippen LogP contribution is -2.08. The predicted molar refractivity (Wildman–Crippen MR) is 174 cm³/mol.